The lowest BCUT2D eigenvalue weighted by molar-refractivity contribution is -0.138. The Morgan fingerprint density at radius 1 is 1.33 bits per heavy atom. The second-order valence-corrected chi connectivity index (χ2v) is 8.43. The number of carboxylic acids is 1. The summed E-state index contributed by atoms with van der Waals surface area (Å²) in [6.45, 7) is 0. The summed E-state index contributed by atoms with van der Waals surface area (Å²) in [5.41, 5.74) is 16.5. The first-order valence-electron chi connectivity index (χ1n) is 7.96. The van der Waals surface area contributed by atoms with E-state index in [1.807, 2.05) is 0 Å². The smallest absolute Gasteiger partial charge is 0.320 e. The molecule has 1 aliphatic heterocycles. The Morgan fingerprint density at radius 3 is 2.70 bits per heavy atom. The number of aliphatic carboxylic acids is 1. The molecule has 2 aromatic rings. The number of ether oxygens (including phenoxy) is 1. The molecule has 0 radical (unpaired) electrons. The lowest BCUT2D eigenvalue weighted by Crippen LogP contribution is -2.39. The highest BCUT2D eigenvalue weighted by molar-refractivity contribution is 7.96. The van der Waals surface area contributed by atoms with Crippen molar-refractivity contribution in [1.82, 2.24) is 25.0 Å². The summed E-state index contributed by atoms with van der Waals surface area (Å²) in [6, 6.07) is -0.999. The van der Waals surface area contributed by atoms with E-state index in [1.54, 1.807) is 6.26 Å². The van der Waals surface area contributed by atoms with Gasteiger partial charge in [-0.3, -0.25) is 4.79 Å². The van der Waals surface area contributed by atoms with E-state index >= 15 is 0 Å². The van der Waals surface area contributed by atoms with Crippen LogP contribution in [-0.2, 0) is 20.4 Å². The Labute approximate surface area is 155 Å². The lowest BCUT2D eigenvalue weighted by atomic mass is 10.2. The highest BCUT2D eigenvalue weighted by Crippen LogP contribution is 2.34. The Balaban J connectivity index is 1.80. The molecule has 0 aromatic carbocycles. The van der Waals surface area contributed by atoms with E-state index in [0.29, 0.717) is 5.75 Å². The molecule has 6 atom stereocenters. The van der Waals surface area contributed by atoms with Crippen molar-refractivity contribution in [2.45, 2.75) is 36.3 Å². The number of nitrogens with zero attached hydrogens (tertiary/aromatic N) is 5. The van der Waals surface area contributed by atoms with Crippen molar-refractivity contribution in [3.63, 3.8) is 0 Å². The predicted octanol–water partition coefficient (Wildman–Crippen LogP) is -2.99. The molecule has 9 N–H and O–H groups in total. The molecule has 27 heavy (non-hydrogen) atoms. The first-order chi connectivity index (χ1) is 12.7. The molecular weight excluding hydrogens is 380 g/mol. The maximum Gasteiger partial charge on any atom is 0.320 e. The van der Waals surface area contributed by atoms with E-state index in [1.165, 1.54) is 4.68 Å². The van der Waals surface area contributed by atoms with Crippen molar-refractivity contribution in [3.05, 3.63) is 0 Å². The largest absolute Gasteiger partial charge is 0.480 e. The standard InChI is InChI=1S/C13H20N8O5S/c1-27(3-2-4(14)11(24)25)12-7(23)6(22)10(26-12)21-9-5(19-20-21)8(15)17-13(16)18-9/h4,6-7,10,12,22-23H,2-3,14H2,1H3,(H4-,15,16,17,18,20,24,25)/p+1/t4-,6+,7-,10+,12+,27?/m0/s1. The monoisotopic (exact) mass is 401 g/mol. The summed E-state index contributed by atoms with van der Waals surface area (Å²) >= 11 is 0. The third-order valence-electron chi connectivity index (χ3n) is 4.27. The summed E-state index contributed by atoms with van der Waals surface area (Å²) in [5, 5.41) is 37.5. The van der Waals surface area contributed by atoms with Crippen LogP contribution in [0.5, 0.6) is 0 Å². The zero-order chi connectivity index (χ0) is 19.9. The van der Waals surface area contributed by atoms with E-state index < -0.39 is 46.8 Å². The molecule has 0 amide bonds. The van der Waals surface area contributed by atoms with Gasteiger partial charge in [0.2, 0.25) is 11.4 Å². The number of nitrogen functional groups attached to an aromatic ring is 2. The van der Waals surface area contributed by atoms with Crippen LogP contribution in [0.1, 0.15) is 12.6 Å². The number of nitrogens with two attached hydrogens (primary N) is 3. The van der Waals surface area contributed by atoms with Gasteiger partial charge in [0, 0.05) is 17.3 Å². The Hall–Kier alpha value is -2.26. The first kappa shape index (κ1) is 19.5. The Kier molecular flexibility index (Phi) is 5.34. The fraction of sp³-hybridized carbons (Fsp3) is 0.615. The summed E-state index contributed by atoms with van der Waals surface area (Å²) < 4.78 is 7.01. The van der Waals surface area contributed by atoms with Crippen LogP contribution in [0.2, 0.25) is 0 Å². The minimum Gasteiger partial charge on any atom is -0.480 e. The number of carbonyl (C=O) groups is 1. The lowest BCUT2D eigenvalue weighted by Gasteiger charge is -2.15. The molecular formula is C13H21N8O5S+. The van der Waals surface area contributed by atoms with Crippen LogP contribution in [0.15, 0.2) is 0 Å². The van der Waals surface area contributed by atoms with Crippen LogP contribution >= 0.6 is 0 Å². The summed E-state index contributed by atoms with van der Waals surface area (Å²) in [4.78, 5) is 18.7. The number of aliphatic hydroxyl groups is 2. The van der Waals surface area contributed by atoms with Gasteiger partial charge in [-0.25, -0.2) is 0 Å². The number of fused-ring (bicyclic) bond motifs is 1. The molecule has 14 heteroatoms. The van der Waals surface area contributed by atoms with Crippen molar-refractivity contribution in [3.8, 4) is 0 Å². The minimum absolute atomic E-state index is 0.0336. The van der Waals surface area contributed by atoms with Gasteiger partial charge in [0.15, 0.2) is 29.3 Å². The van der Waals surface area contributed by atoms with Gasteiger partial charge in [-0.15, -0.1) is 5.10 Å². The first-order valence-corrected chi connectivity index (χ1v) is 9.82. The van der Waals surface area contributed by atoms with Gasteiger partial charge in [0.25, 0.3) is 0 Å². The number of hydrogen-bond donors (Lipinski definition) is 6. The van der Waals surface area contributed by atoms with E-state index in [-0.39, 0.29) is 29.4 Å². The fourth-order valence-corrected chi connectivity index (χ4v) is 4.55. The SMILES string of the molecule is C[S+](CC[C@H](N)C(=O)O)[C@H]1O[C@@H](n2nnc3c(N)nc(N)nc32)[C@H](O)[C@@H]1O. The second kappa shape index (κ2) is 7.40. The van der Waals surface area contributed by atoms with Gasteiger partial charge >= 0.3 is 5.97 Å². The van der Waals surface area contributed by atoms with E-state index in [4.69, 9.17) is 27.0 Å². The van der Waals surface area contributed by atoms with Crippen molar-refractivity contribution >= 4 is 39.8 Å². The van der Waals surface area contributed by atoms with Crippen molar-refractivity contribution in [1.29, 1.82) is 0 Å². The topological polar surface area (TPSA) is 222 Å². The van der Waals surface area contributed by atoms with Crippen molar-refractivity contribution in [2.24, 2.45) is 5.73 Å². The Bertz CT molecular complexity index is 849. The highest BCUT2D eigenvalue weighted by Gasteiger charge is 2.52. The maximum absolute atomic E-state index is 10.8. The molecule has 3 rings (SSSR count). The maximum atomic E-state index is 10.8. The number of aliphatic hydroxyl groups excluding tert-OH is 2. The zero-order valence-corrected chi connectivity index (χ0v) is 15.2. The summed E-state index contributed by atoms with van der Waals surface area (Å²) in [6.07, 6.45) is -1.56. The van der Waals surface area contributed by atoms with Crippen LogP contribution < -0.4 is 17.2 Å². The summed E-state index contributed by atoms with van der Waals surface area (Å²) in [5.74, 6) is -0.742. The number of rotatable bonds is 6. The number of anilines is 2. The molecule has 2 aromatic heterocycles. The fourth-order valence-electron chi connectivity index (χ4n) is 2.76. The normalized spacial score (nSPS) is 27.7. The predicted molar refractivity (Wildman–Crippen MR) is 96.3 cm³/mol. The molecule has 3 heterocycles. The number of aromatic nitrogens is 5. The van der Waals surface area contributed by atoms with Gasteiger partial charge in [0.05, 0.1) is 0 Å². The molecule has 1 fully saturated rings. The van der Waals surface area contributed by atoms with Crippen LogP contribution in [-0.4, -0.2) is 81.9 Å². The third-order valence-corrected chi connectivity index (χ3v) is 6.33. The van der Waals surface area contributed by atoms with Crippen LogP contribution in [0.3, 0.4) is 0 Å². The van der Waals surface area contributed by atoms with Gasteiger partial charge < -0.3 is 37.3 Å². The van der Waals surface area contributed by atoms with E-state index in [2.05, 4.69) is 20.3 Å². The van der Waals surface area contributed by atoms with Crippen LogP contribution in [0, 0.1) is 0 Å². The van der Waals surface area contributed by atoms with Crippen LogP contribution in [0.25, 0.3) is 11.2 Å². The molecule has 0 spiro atoms. The molecule has 1 aliphatic rings. The molecule has 0 aliphatic carbocycles. The minimum atomic E-state index is -1.31. The molecule has 0 bridgehead atoms. The highest BCUT2D eigenvalue weighted by atomic mass is 32.2. The molecule has 148 valence electrons. The van der Waals surface area contributed by atoms with E-state index in [9.17, 15) is 15.0 Å². The van der Waals surface area contributed by atoms with Crippen LogP contribution in [0.4, 0.5) is 11.8 Å². The van der Waals surface area contributed by atoms with Gasteiger partial charge in [-0.1, -0.05) is 5.21 Å². The van der Waals surface area contributed by atoms with E-state index in [0.717, 1.165) is 0 Å². The van der Waals surface area contributed by atoms with Gasteiger partial charge in [-0.2, -0.15) is 14.6 Å². The number of hydrogen-bond acceptors (Lipinski definition) is 11. The average Bonchev–Trinajstić information content (AvgIpc) is 3.14. The third kappa shape index (κ3) is 3.61. The second-order valence-electron chi connectivity index (χ2n) is 6.18. The zero-order valence-electron chi connectivity index (χ0n) is 14.3. The Morgan fingerprint density at radius 2 is 2.04 bits per heavy atom. The molecule has 1 saturated heterocycles. The van der Waals surface area contributed by atoms with Crippen molar-refractivity contribution in [2.75, 3.05) is 23.5 Å². The van der Waals surface area contributed by atoms with Gasteiger partial charge in [0.1, 0.15) is 24.2 Å². The quantitative estimate of drug-likeness (QED) is 0.267. The number of carboxylic acid groups (broad SMARTS) is 1. The van der Waals surface area contributed by atoms with Gasteiger partial charge in [-0.05, 0) is 0 Å². The average molecular weight is 401 g/mol. The summed E-state index contributed by atoms with van der Waals surface area (Å²) in [7, 11) is -0.577. The molecule has 13 nitrogen and oxygen atoms in total. The molecule has 0 saturated carbocycles. The van der Waals surface area contributed by atoms with Crippen molar-refractivity contribution < 1.29 is 24.9 Å². The molecule has 1 unspecified atom stereocenters.